The fourth-order valence-corrected chi connectivity index (χ4v) is 3.12. The minimum atomic E-state index is -1.02. The van der Waals surface area contributed by atoms with Crippen LogP contribution in [0.2, 0.25) is 0 Å². The zero-order valence-electron chi connectivity index (χ0n) is 25.7. The van der Waals surface area contributed by atoms with Crippen LogP contribution in [0.15, 0.2) is 72.8 Å². The Kier molecular flexibility index (Phi) is 24.3. The fourth-order valence-electron chi connectivity index (χ4n) is 3.12. The molecule has 3 aromatic carbocycles. The fraction of sp³-hybridized carbons (Fsp3) is 0.273. The number of hydrogen-bond acceptors (Lipinski definition) is 6. The van der Waals surface area contributed by atoms with Gasteiger partial charge in [0.15, 0.2) is 5.78 Å². The van der Waals surface area contributed by atoms with E-state index in [1.165, 1.54) is 42.5 Å². The molecule has 9 nitrogen and oxygen atoms in total. The minimum absolute atomic E-state index is 0. The number of carbonyl (C=O) groups excluding carboxylic acids is 2. The van der Waals surface area contributed by atoms with Crippen LogP contribution in [0.25, 0.3) is 0 Å². The normalized spacial score (nSPS) is 10.0. The molecule has 0 radical (unpaired) electrons. The van der Waals surface area contributed by atoms with Crippen LogP contribution < -0.4 is 12.4 Å². The molecule has 44 heavy (non-hydrogen) atoms. The number of Topliss-reactive ketones (excluding diaryl/α,β-unsaturated/α-hetero) is 1. The number of hydrogen-bond donors (Lipinski definition) is 4. The smallest absolute Gasteiger partial charge is 1.00 e. The summed E-state index contributed by atoms with van der Waals surface area (Å²) in [6, 6.07) is 18.3. The number of carboxylic acid groups (broad SMARTS) is 3. The van der Waals surface area contributed by atoms with Gasteiger partial charge in [0.25, 0.3) is 0 Å². The molecule has 3 aromatic rings. The molecule has 234 valence electrons. The Hall–Kier alpha value is -3.57. The van der Waals surface area contributed by atoms with Crippen molar-refractivity contribution in [3.05, 3.63) is 113 Å². The van der Waals surface area contributed by atoms with E-state index >= 15 is 0 Å². The molecule has 0 bridgehead atoms. The van der Waals surface area contributed by atoms with Crippen LogP contribution in [0.4, 0.5) is 0 Å². The summed E-state index contributed by atoms with van der Waals surface area (Å²) in [6.45, 7) is 11.3. The monoisotopic (exact) mass is 638 g/mol. The van der Waals surface area contributed by atoms with E-state index in [-0.39, 0.29) is 69.8 Å². The molecule has 4 N–H and O–H groups in total. The van der Waals surface area contributed by atoms with Crippen molar-refractivity contribution in [2.75, 3.05) is 0 Å². The van der Waals surface area contributed by atoms with Crippen molar-refractivity contribution in [3.63, 3.8) is 0 Å². The van der Waals surface area contributed by atoms with Gasteiger partial charge in [-0.1, -0.05) is 64.1 Å². The summed E-state index contributed by atoms with van der Waals surface area (Å²) < 4.78 is 0. The summed E-state index contributed by atoms with van der Waals surface area (Å²) in [6.07, 6.45) is 2.01. The molecular weight excluding hydrogens is 600 g/mol. The van der Waals surface area contributed by atoms with Gasteiger partial charge in [0.05, 0.1) is 22.8 Å². The van der Waals surface area contributed by atoms with Gasteiger partial charge in [-0.2, -0.15) is 13.8 Å². The van der Waals surface area contributed by atoms with Gasteiger partial charge in [0, 0.05) is 17.0 Å². The Balaban J connectivity index is -0.000000539. The van der Waals surface area contributed by atoms with Gasteiger partial charge in [-0.3, -0.25) is 9.59 Å². The zero-order valence-corrected chi connectivity index (χ0v) is 27.9. The molecule has 1 atom stereocenters. The Morgan fingerprint density at radius 2 is 1.07 bits per heavy atom. The average Bonchev–Trinajstić information content (AvgIpc) is 2.97. The molecule has 0 aliphatic rings. The molecule has 0 aliphatic carbocycles. The third kappa shape index (κ3) is 16.9. The van der Waals surface area contributed by atoms with Gasteiger partial charge in [-0.05, 0) is 47.9 Å². The number of aromatic carboxylic acids is 3. The second-order valence-corrected chi connectivity index (χ2v) is 9.65. The van der Waals surface area contributed by atoms with Crippen LogP contribution >= 0.6 is 0 Å². The predicted octanol–water partition coefficient (Wildman–Crippen LogP) is 3.35. The van der Waals surface area contributed by atoms with Crippen LogP contribution in [0.5, 0.6) is 0 Å². The van der Waals surface area contributed by atoms with E-state index in [9.17, 15) is 29.1 Å². The maximum Gasteiger partial charge on any atom is 2.00 e. The van der Waals surface area contributed by atoms with Crippen LogP contribution in [-0.2, 0) is 0 Å². The summed E-state index contributed by atoms with van der Waals surface area (Å²) in [5.41, 5.74) is 1.98. The number of carboxylic acids is 3. The number of rotatable bonds is 8. The molecule has 0 saturated heterocycles. The molecule has 0 saturated carbocycles. The third-order valence-electron chi connectivity index (χ3n) is 5.29. The van der Waals surface area contributed by atoms with E-state index in [1.54, 1.807) is 44.2 Å². The second kappa shape index (κ2) is 23.8. The number of halogens is 1. The second-order valence-electron chi connectivity index (χ2n) is 9.65. The first-order chi connectivity index (χ1) is 19.7. The number of ketones is 1. The molecule has 11 heteroatoms. The van der Waals surface area contributed by atoms with Gasteiger partial charge in [-0.15, -0.1) is 0 Å². The number of aliphatic hydroxyl groups excluding tert-OH is 1. The molecule has 0 aromatic heterocycles. The molecule has 0 aliphatic heterocycles. The van der Waals surface area contributed by atoms with Crippen molar-refractivity contribution < 1.29 is 56.8 Å². The topological polar surface area (TPSA) is 166 Å². The molecule has 0 spiro atoms. The van der Waals surface area contributed by atoms with Gasteiger partial charge in [0.2, 0.25) is 0 Å². The first-order valence-corrected chi connectivity index (χ1v) is 13.1. The number of aliphatic hydroxyl groups is 1. The van der Waals surface area contributed by atoms with Gasteiger partial charge < -0.3 is 39.3 Å². The van der Waals surface area contributed by atoms with Crippen molar-refractivity contribution in [2.24, 2.45) is 11.8 Å². The maximum absolute atomic E-state index is 11.5. The van der Waals surface area contributed by atoms with Gasteiger partial charge >= 0.3 is 41.0 Å². The van der Waals surface area contributed by atoms with Crippen molar-refractivity contribution in [1.82, 2.24) is 0 Å². The summed E-state index contributed by atoms with van der Waals surface area (Å²) in [5.74, 6) is -3.06. The van der Waals surface area contributed by atoms with E-state index < -0.39 is 24.0 Å². The van der Waals surface area contributed by atoms with Crippen molar-refractivity contribution in [3.8, 4) is 0 Å². The van der Waals surface area contributed by atoms with E-state index in [2.05, 4.69) is 0 Å². The third-order valence-corrected chi connectivity index (χ3v) is 5.29. The summed E-state index contributed by atoms with van der Waals surface area (Å²) in [4.78, 5) is 53.4. The molecule has 0 amide bonds. The minimum Gasteiger partial charge on any atom is -1.00 e. The van der Waals surface area contributed by atoms with Crippen molar-refractivity contribution >= 4 is 53.0 Å². The predicted molar refractivity (Wildman–Crippen MR) is 166 cm³/mol. The van der Waals surface area contributed by atoms with E-state index in [1.807, 2.05) is 34.1 Å². The average molecular weight is 639 g/mol. The summed E-state index contributed by atoms with van der Waals surface area (Å²) in [7, 11) is 0. The Morgan fingerprint density at radius 3 is 1.48 bits per heavy atom. The molecule has 3 rings (SSSR count). The SMILES string of the molecule is CC(C)C(=O)c1cccc(C(=O)O)c1.CC(C)C(O)c1cccc(C(=O)O)c1.C[CH-]C.O=Cc1cccc(C(=O)O)c1.[Cl-].[Mg+2]. The van der Waals surface area contributed by atoms with Crippen LogP contribution in [0.1, 0.15) is 105 Å². The number of benzene rings is 3. The first-order valence-electron chi connectivity index (χ1n) is 13.1. The zero-order chi connectivity index (χ0) is 32.4. The number of aldehydes is 1. The molecule has 0 fully saturated rings. The maximum atomic E-state index is 11.5. The first kappa shape index (κ1) is 44.9. The Morgan fingerprint density at radius 1 is 0.682 bits per heavy atom. The van der Waals surface area contributed by atoms with Crippen molar-refractivity contribution in [1.29, 1.82) is 0 Å². The van der Waals surface area contributed by atoms with E-state index in [0.717, 1.165) is 0 Å². The van der Waals surface area contributed by atoms with Gasteiger partial charge in [0.1, 0.15) is 6.29 Å². The van der Waals surface area contributed by atoms with Crippen molar-refractivity contribution in [2.45, 2.75) is 47.6 Å². The summed E-state index contributed by atoms with van der Waals surface area (Å²) in [5, 5.41) is 35.7. The molecular formula is C33H39ClMgO9. The molecule has 0 heterocycles. The van der Waals surface area contributed by atoms with E-state index in [0.29, 0.717) is 23.0 Å². The summed E-state index contributed by atoms with van der Waals surface area (Å²) >= 11 is 0. The Bertz CT molecular complexity index is 1340. The number of carbonyl (C=O) groups is 5. The standard InChI is InChI=1S/C11H14O3.C11H12O3.C8H6O3.C3H7.ClH.Mg/c2*1-7(2)10(12)8-4-3-5-9(6-8)11(13)14;9-5-6-2-1-3-7(4-6)8(10)11;1-3-2;;/h3-7,10,12H,1-2H3,(H,13,14);3-7H,1-2H3,(H,13,14);1-5H,(H,10,11);3H,1-2H3;1H;/q;;;-1;;+2/p-1. The van der Waals surface area contributed by atoms with Gasteiger partial charge in [-0.25, -0.2) is 14.4 Å². The Labute approximate surface area is 280 Å². The molecule has 1 unspecified atom stereocenters. The van der Waals surface area contributed by atoms with Crippen LogP contribution in [0, 0.1) is 18.3 Å². The quantitative estimate of drug-likeness (QED) is 0.125. The largest absolute Gasteiger partial charge is 2.00 e. The van der Waals surface area contributed by atoms with Crippen LogP contribution in [0.3, 0.4) is 0 Å². The van der Waals surface area contributed by atoms with E-state index in [4.69, 9.17) is 15.3 Å². The van der Waals surface area contributed by atoms with Crippen LogP contribution in [-0.4, -0.2) is 73.5 Å².